The van der Waals surface area contributed by atoms with E-state index in [4.69, 9.17) is 4.74 Å². The highest BCUT2D eigenvalue weighted by molar-refractivity contribution is 5.96. The predicted molar refractivity (Wildman–Crippen MR) is 87.7 cm³/mol. The first-order chi connectivity index (χ1) is 11.9. The van der Waals surface area contributed by atoms with E-state index in [1.54, 1.807) is 19.1 Å². The molecule has 1 unspecified atom stereocenters. The van der Waals surface area contributed by atoms with Crippen LogP contribution in [-0.4, -0.2) is 25.7 Å². The molecule has 25 heavy (non-hydrogen) atoms. The van der Waals surface area contributed by atoms with Gasteiger partial charge in [0.25, 0.3) is 0 Å². The summed E-state index contributed by atoms with van der Waals surface area (Å²) in [5, 5.41) is 5.28. The maximum atomic E-state index is 13.6. The van der Waals surface area contributed by atoms with Gasteiger partial charge in [-0.15, -0.1) is 0 Å². The summed E-state index contributed by atoms with van der Waals surface area (Å²) in [6.07, 6.45) is 0. The van der Waals surface area contributed by atoms with Crippen LogP contribution >= 0.6 is 0 Å². The van der Waals surface area contributed by atoms with Gasteiger partial charge in [0.15, 0.2) is 11.5 Å². The highest BCUT2D eigenvalue weighted by atomic mass is 19.3. The van der Waals surface area contributed by atoms with E-state index in [-0.39, 0.29) is 17.2 Å². The van der Waals surface area contributed by atoms with Crippen LogP contribution in [-0.2, 0) is 4.79 Å². The monoisotopic (exact) mass is 354 g/mol. The van der Waals surface area contributed by atoms with Crippen LogP contribution in [0.25, 0.3) is 0 Å². The Morgan fingerprint density at radius 2 is 1.84 bits per heavy atom. The molecule has 0 aliphatic heterocycles. The number of alkyl halides is 2. The van der Waals surface area contributed by atoms with E-state index in [0.29, 0.717) is 5.69 Å². The fourth-order valence-electron chi connectivity index (χ4n) is 2.07. The molecule has 0 aliphatic carbocycles. The van der Waals surface area contributed by atoms with Gasteiger partial charge in [-0.05, 0) is 31.2 Å². The van der Waals surface area contributed by atoms with Crippen LogP contribution in [0.1, 0.15) is 6.92 Å². The molecular formula is C17H17F3N2O3. The van der Waals surface area contributed by atoms with Gasteiger partial charge < -0.3 is 20.1 Å². The lowest BCUT2D eigenvalue weighted by atomic mass is 10.2. The Hall–Kier alpha value is -2.90. The number of para-hydroxylation sites is 1. The summed E-state index contributed by atoms with van der Waals surface area (Å²) < 4.78 is 47.8. The molecule has 2 aromatic rings. The molecular weight excluding hydrogens is 337 g/mol. The molecule has 0 bridgehead atoms. The van der Waals surface area contributed by atoms with Crippen LogP contribution in [0.2, 0.25) is 0 Å². The number of amides is 1. The van der Waals surface area contributed by atoms with Crippen LogP contribution in [0.15, 0.2) is 42.5 Å². The average molecular weight is 354 g/mol. The molecule has 0 saturated carbocycles. The third-order valence-electron chi connectivity index (χ3n) is 3.29. The fourth-order valence-corrected chi connectivity index (χ4v) is 2.07. The molecule has 2 N–H and O–H groups in total. The standard InChI is InChI=1S/C17H17F3N2O3/c1-10(16(23)22-13-6-4-3-5-12(13)18)21-11-7-8-14(24-2)15(9-11)25-17(19)20/h3-10,17,21H,1-2H3,(H,22,23). The second kappa shape index (κ2) is 8.27. The van der Waals surface area contributed by atoms with Crippen molar-refractivity contribution in [2.24, 2.45) is 0 Å². The van der Waals surface area contributed by atoms with Crippen molar-refractivity contribution in [2.75, 3.05) is 17.7 Å². The number of carbonyl (C=O) groups excluding carboxylic acids is 1. The Balaban J connectivity index is 2.07. The zero-order valence-corrected chi connectivity index (χ0v) is 13.6. The van der Waals surface area contributed by atoms with E-state index >= 15 is 0 Å². The molecule has 0 radical (unpaired) electrons. The third-order valence-corrected chi connectivity index (χ3v) is 3.29. The highest BCUT2D eigenvalue weighted by Gasteiger charge is 2.16. The van der Waals surface area contributed by atoms with E-state index in [1.165, 1.54) is 37.4 Å². The summed E-state index contributed by atoms with van der Waals surface area (Å²) in [7, 11) is 1.32. The lowest BCUT2D eigenvalue weighted by Gasteiger charge is -2.17. The van der Waals surface area contributed by atoms with Gasteiger partial charge in [0, 0.05) is 11.8 Å². The molecule has 134 valence electrons. The minimum Gasteiger partial charge on any atom is -0.493 e. The van der Waals surface area contributed by atoms with Crippen LogP contribution in [0.3, 0.4) is 0 Å². The number of ether oxygens (including phenoxy) is 2. The van der Waals surface area contributed by atoms with Crippen LogP contribution in [0.5, 0.6) is 11.5 Å². The zero-order valence-electron chi connectivity index (χ0n) is 13.6. The van der Waals surface area contributed by atoms with Crippen molar-refractivity contribution >= 4 is 17.3 Å². The summed E-state index contributed by atoms with van der Waals surface area (Å²) in [4.78, 5) is 12.1. The minimum absolute atomic E-state index is 0.0533. The average Bonchev–Trinajstić information content (AvgIpc) is 2.56. The van der Waals surface area contributed by atoms with Crippen molar-refractivity contribution in [3.8, 4) is 11.5 Å². The number of anilines is 2. The Morgan fingerprint density at radius 3 is 2.48 bits per heavy atom. The quantitative estimate of drug-likeness (QED) is 0.792. The Labute approximate surface area is 142 Å². The molecule has 2 aromatic carbocycles. The van der Waals surface area contributed by atoms with Crippen LogP contribution in [0, 0.1) is 5.82 Å². The predicted octanol–water partition coefficient (Wildman–Crippen LogP) is 3.87. The maximum Gasteiger partial charge on any atom is 0.387 e. The van der Waals surface area contributed by atoms with E-state index < -0.39 is 24.4 Å². The first-order valence-electron chi connectivity index (χ1n) is 7.35. The Bertz CT molecular complexity index is 741. The van der Waals surface area contributed by atoms with Crippen molar-refractivity contribution < 1.29 is 27.4 Å². The zero-order chi connectivity index (χ0) is 18.4. The molecule has 0 heterocycles. The summed E-state index contributed by atoms with van der Waals surface area (Å²) in [5.74, 6) is -1.07. The van der Waals surface area contributed by atoms with Crippen molar-refractivity contribution in [1.29, 1.82) is 0 Å². The number of hydrogen-bond donors (Lipinski definition) is 2. The normalized spacial score (nSPS) is 11.8. The third kappa shape index (κ3) is 5.03. The number of rotatable bonds is 7. The highest BCUT2D eigenvalue weighted by Crippen LogP contribution is 2.31. The first kappa shape index (κ1) is 18.4. The van der Waals surface area contributed by atoms with Crippen molar-refractivity contribution in [3.05, 3.63) is 48.3 Å². The second-order valence-corrected chi connectivity index (χ2v) is 5.08. The molecule has 1 atom stereocenters. The van der Waals surface area contributed by atoms with Gasteiger partial charge >= 0.3 is 6.61 Å². The smallest absolute Gasteiger partial charge is 0.387 e. The molecule has 0 saturated heterocycles. The van der Waals surface area contributed by atoms with E-state index in [2.05, 4.69) is 15.4 Å². The molecule has 5 nitrogen and oxygen atoms in total. The summed E-state index contributed by atoms with van der Waals surface area (Å²) in [6.45, 7) is -1.46. The fraction of sp³-hybridized carbons (Fsp3) is 0.235. The number of hydrogen-bond acceptors (Lipinski definition) is 4. The largest absolute Gasteiger partial charge is 0.493 e. The topological polar surface area (TPSA) is 59.6 Å². The molecule has 0 aromatic heterocycles. The van der Waals surface area contributed by atoms with Crippen LogP contribution < -0.4 is 20.1 Å². The maximum absolute atomic E-state index is 13.6. The number of nitrogens with one attached hydrogen (secondary N) is 2. The number of carbonyl (C=O) groups is 1. The molecule has 2 rings (SSSR count). The van der Waals surface area contributed by atoms with Gasteiger partial charge in [0.1, 0.15) is 11.9 Å². The van der Waals surface area contributed by atoms with Crippen LogP contribution in [0.4, 0.5) is 24.5 Å². The van der Waals surface area contributed by atoms with Gasteiger partial charge in [-0.25, -0.2) is 4.39 Å². The van der Waals surface area contributed by atoms with E-state index in [1.807, 2.05) is 0 Å². The number of halogens is 3. The molecule has 0 aliphatic rings. The molecule has 1 amide bonds. The Morgan fingerprint density at radius 1 is 1.12 bits per heavy atom. The molecule has 8 heteroatoms. The van der Waals surface area contributed by atoms with Gasteiger partial charge in [0.05, 0.1) is 12.8 Å². The second-order valence-electron chi connectivity index (χ2n) is 5.08. The summed E-state index contributed by atoms with van der Waals surface area (Å²) in [5.41, 5.74) is 0.422. The number of methoxy groups -OCH3 is 1. The summed E-state index contributed by atoms with van der Waals surface area (Å²) >= 11 is 0. The van der Waals surface area contributed by atoms with Crippen molar-refractivity contribution in [2.45, 2.75) is 19.6 Å². The van der Waals surface area contributed by atoms with Gasteiger partial charge in [-0.3, -0.25) is 4.79 Å². The lowest BCUT2D eigenvalue weighted by molar-refractivity contribution is -0.116. The first-order valence-corrected chi connectivity index (χ1v) is 7.35. The van der Waals surface area contributed by atoms with Gasteiger partial charge in [-0.1, -0.05) is 12.1 Å². The van der Waals surface area contributed by atoms with Crippen molar-refractivity contribution in [3.63, 3.8) is 0 Å². The van der Waals surface area contributed by atoms with Gasteiger partial charge in [-0.2, -0.15) is 8.78 Å². The van der Waals surface area contributed by atoms with Gasteiger partial charge in [0.2, 0.25) is 5.91 Å². The summed E-state index contributed by atoms with van der Waals surface area (Å²) in [6, 6.07) is 9.27. The Kier molecular flexibility index (Phi) is 6.10. The minimum atomic E-state index is -3.01. The molecule has 0 fully saturated rings. The lowest BCUT2D eigenvalue weighted by Crippen LogP contribution is -2.32. The molecule has 0 spiro atoms. The van der Waals surface area contributed by atoms with E-state index in [9.17, 15) is 18.0 Å². The van der Waals surface area contributed by atoms with E-state index in [0.717, 1.165) is 0 Å². The van der Waals surface area contributed by atoms with Crippen molar-refractivity contribution in [1.82, 2.24) is 0 Å². The number of benzene rings is 2. The SMILES string of the molecule is COc1ccc(NC(C)C(=O)Nc2ccccc2F)cc1OC(F)F.